The number of hydrogen-bond acceptors (Lipinski definition) is 2. The van der Waals surface area contributed by atoms with Gasteiger partial charge in [-0.05, 0) is 36.6 Å². The fourth-order valence-corrected chi connectivity index (χ4v) is 2.67. The SMILES string of the molecule is CCc1ccc(C(=O)CCC(=O)NC(C)c2cccc(Cl)c2)cc1. The van der Waals surface area contributed by atoms with Crippen LogP contribution in [0.2, 0.25) is 5.02 Å². The van der Waals surface area contributed by atoms with Gasteiger partial charge < -0.3 is 5.32 Å². The van der Waals surface area contributed by atoms with Gasteiger partial charge in [0.05, 0.1) is 6.04 Å². The molecule has 0 aliphatic rings. The minimum Gasteiger partial charge on any atom is -0.350 e. The Hall–Kier alpha value is -2.13. The van der Waals surface area contributed by atoms with Crippen molar-refractivity contribution in [2.75, 3.05) is 0 Å². The summed E-state index contributed by atoms with van der Waals surface area (Å²) in [6.07, 6.45) is 1.33. The van der Waals surface area contributed by atoms with E-state index in [2.05, 4.69) is 12.2 Å². The van der Waals surface area contributed by atoms with Gasteiger partial charge >= 0.3 is 0 Å². The van der Waals surface area contributed by atoms with E-state index < -0.39 is 0 Å². The third-order valence-electron chi connectivity index (χ3n) is 3.99. The monoisotopic (exact) mass is 343 g/mol. The lowest BCUT2D eigenvalue weighted by Gasteiger charge is -2.14. The van der Waals surface area contributed by atoms with E-state index in [1.807, 2.05) is 49.4 Å². The van der Waals surface area contributed by atoms with Crippen LogP contribution in [-0.4, -0.2) is 11.7 Å². The third-order valence-corrected chi connectivity index (χ3v) is 4.22. The quantitative estimate of drug-likeness (QED) is 0.738. The molecule has 0 aromatic heterocycles. The van der Waals surface area contributed by atoms with E-state index in [4.69, 9.17) is 11.6 Å². The van der Waals surface area contributed by atoms with Crippen LogP contribution in [0.5, 0.6) is 0 Å². The molecule has 4 heteroatoms. The standard InChI is InChI=1S/C20H22ClNO2/c1-3-15-7-9-16(10-8-15)19(23)11-12-20(24)22-14(2)17-5-4-6-18(21)13-17/h4-10,13-14H,3,11-12H2,1-2H3,(H,22,24). The van der Waals surface area contributed by atoms with Gasteiger partial charge in [-0.1, -0.05) is 54.9 Å². The zero-order valence-corrected chi connectivity index (χ0v) is 14.8. The molecule has 126 valence electrons. The molecule has 2 aromatic rings. The minimum absolute atomic E-state index is 0.0109. The number of aryl methyl sites for hydroxylation is 1. The van der Waals surface area contributed by atoms with Crippen LogP contribution in [0.3, 0.4) is 0 Å². The number of benzene rings is 2. The van der Waals surface area contributed by atoms with E-state index in [0.29, 0.717) is 10.6 Å². The van der Waals surface area contributed by atoms with Gasteiger partial charge in [0, 0.05) is 23.4 Å². The first kappa shape index (κ1) is 18.2. The van der Waals surface area contributed by atoms with Crippen molar-refractivity contribution in [1.82, 2.24) is 5.32 Å². The fourth-order valence-electron chi connectivity index (χ4n) is 2.47. The summed E-state index contributed by atoms with van der Waals surface area (Å²) in [6.45, 7) is 3.97. The molecule has 1 unspecified atom stereocenters. The maximum absolute atomic E-state index is 12.2. The summed E-state index contributed by atoms with van der Waals surface area (Å²) >= 11 is 5.96. The van der Waals surface area contributed by atoms with Gasteiger partial charge in [0.2, 0.25) is 5.91 Å². The van der Waals surface area contributed by atoms with Crippen molar-refractivity contribution in [1.29, 1.82) is 0 Å². The second-order valence-corrected chi connectivity index (χ2v) is 6.25. The molecular formula is C20H22ClNO2. The largest absolute Gasteiger partial charge is 0.350 e. The van der Waals surface area contributed by atoms with Crippen LogP contribution in [0, 0.1) is 0 Å². The number of ketones is 1. The van der Waals surface area contributed by atoms with Gasteiger partial charge in [0.15, 0.2) is 5.78 Å². The summed E-state index contributed by atoms with van der Waals surface area (Å²) in [7, 11) is 0. The third kappa shape index (κ3) is 5.20. The average Bonchev–Trinajstić information content (AvgIpc) is 2.59. The summed E-state index contributed by atoms with van der Waals surface area (Å²) in [5, 5.41) is 3.54. The molecule has 1 amide bonds. The first-order valence-electron chi connectivity index (χ1n) is 8.16. The molecule has 0 aliphatic carbocycles. The number of nitrogens with one attached hydrogen (secondary N) is 1. The molecule has 0 heterocycles. The Balaban J connectivity index is 1.84. The minimum atomic E-state index is -0.143. The summed E-state index contributed by atoms with van der Waals surface area (Å²) in [5.74, 6) is -0.149. The Morgan fingerprint density at radius 1 is 1.08 bits per heavy atom. The second-order valence-electron chi connectivity index (χ2n) is 5.82. The Labute approximate surface area is 148 Å². The van der Waals surface area contributed by atoms with Gasteiger partial charge in [-0.15, -0.1) is 0 Å². The molecule has 1 atom stereocenters. The zero-order valence-electron chi connectivity index (χ0n) is 14.0. The highest BCUT2D eigenvalue weighted by atomic mass is 35.5. The Kier molecular flexibility index (Phi) is 6.56. The van der Waals surface area contributed by atoms with E-state index in [1.165, 1.54) is 5.56 Å². The smallest absolute Gasteiger partial charge is 0.220 e. The van der Waals surface area contributed by atoms with Crippen LogP contribution in [0.1, 0.15) is 54.2 Å². The van der Waals surface area contributed by atoms with Gasteiger partial charge in [-0.25, -0.2) is 0 Å². The normalized spacial score (nSPS) is 11.8. The predicted octanol–water partition coefficient (Wildman–Crippen LogP) is 4.74. The van der Waals surface area contributed by atoms with E-state index in [0.717, 1.165) is 12.0 Å². The number of halogens is 1. The van der Waals surface area contributed by atoms with Crippen LogP contribution in [-0.2, 0) is 11.2 Å². The maximum atomic E-state index is 12.2. The topological polar surface area (TPSA) is 46.2 Å². The van der Waals surface area contributed by atoms with Crippen molar-refractivity contribution >= 4 is 23.3 Å². The van der Waals surface area contributed by atoms with Gasteiger partial charge in [-0.3, -0.25) is 9.59 Å². The number of hydrogen-bond donors (Lipinski definition) is 1. The lowest BCUT2D eigenvalue weighted by atomic mass is 10.0. The number of rotatable bonds is 7. The molecule has 3 nitrogen and oxygen atoms in total. The lowest BCUT2D eigenvalue weighted by molar-refractivity contribution is -0.121. The highest BCUT2D eigenvalue weighted by molar-refractivity contribution is 6.30. The van der Waals surface area contributed by atoms with Crippen LogP contribution in [0.4, 0.5) is 0 Å². The highest BCUT2D eigenvalue weighted by Gasteiger charge is 2.12. The molecule has 0 saturated carbocycles. The van der Waals surface area contributed by atoms with Crippen LogP contribution in [0.15, 0.2) is 48.5 Å². The van der Waals surface area contributed by atoms with Crippen molar-refractivity contribution in [3.05, 3.63) is 70.2 Å². The van der Waals surface area contributed by atoms with Gasteiger partial charge in [0.1, 0.15) is 0 Å². The van der Waals surface area contributed by atoms with E-state index in [-0.39, 0.29) is 30.6 Å². The van der Waals surface area contributed by atoms with E-state index >= 15 is 0 Å². The van der Waals surface area contributed by atoms with Crippen LogP contribution in [0.25, 0.3) is 0 Å². The zero-order chi connectivity index (χ0) is 17.5. The average molecular weight is 344 g/mol. The molecule has 1 N–H and O–H groups in total. The number of amides is 1. The predicted molar refractivity (Wildman–Crippen MR) is 97.4 cm³/mol. The first-order chi connectivity index (χ1) is 11.5. The van der Waals surface area contributed by atoms with Crippen molar-refractivity contribution in [3.63, 3.8) is 0 Å². The summed E-state index contributed by atoms with van der Waals surface area (Å²) in [6, 6.07) is 14.8. The number of carbonyl (C=O) groups excluding carboxylic acids is 2. The molecule has 0 bridgehead atoms. The van der Waals surface area contributed by atoms with Crippen molar-refractivity contribution < 1.29 is 9.59 Å². The van der Waals surface area contributed by atoms with Crippen molar-refractivity contribution in [2.24, 2.45) is 0 Å². The molecule has 0 aliphatic heterocycles. The molecule has 2 aromatic carbocycles. The maximum Gasteiger partial charge on any atom is 0.220 e. The summed E-state index contributed by atoms with van der Waals surface area (Å²) in [5.41, 5.74) is 2.79. The van der Waals surface area contributed by atoms with Crippen LogP contribution >= 0.6 is 11.6 Å². The highest BCUT2D eigenvalue weighted by Crippen LogP contribution is 2.17. The summed E-state index contributed by atoms with van der Waals surface area (Å²) in [4.78, 5) is 24.2. The first-order valence-corrected chi connectivity index (χ1v) is 8.54. The lowest BCUT2D eigenvalue weighted by Crippen LogP contribution is -2.26. The number of carbonyl (C=O) groups is 2. The number of Topliss-reactive ketones (excluding diaryl/α,β-unsaturated/α-hetero) is 1. The van der Waals surface area contributed by atoms with E-state index in [9.17, 15) is 9.59 Å². The second kappa shape index (κ2) is 8.65. The Morgan fingerprint density at radius 2 is 1.79 bits per heavy atom. The molecule has 0 fully saturated rings. The van der Waals surface area contributed by atoms with Crippen LogP contribution < -0.4 is 5.32 Å². The van der Waals surface area contributed by atoms with Gasteiger partial charge in [-0.2, -0.15) is 0 Å². The molecular weight excluding hydrogens is 322 g/mol. The van der Waals surface area contributed by atoms with Crippen molar-refractivity contribution in [3.8, 4) is 0 Å². The fraction of sp³-hybridized carbons (Fsp3) is 0.300. The molecule has 24 heavy (non-hydrogen) atoms. The van der Waals surface area contributed by atoms with Crippen molar-refractivity contribution in [2.45, 2.75) is 39.2 Å². The summed E-state index contributed by atoms with van der Waals surface area (Å²) < 4.78 is 0. The molecule has 2 rings (SSSR count). The Bertz CT molecular complexity index is 710. The molecule has 0 saturated heterocycles. The molecule has 0 spiro atoms. The van der Waals surface area contributed by atoms with Gasteiger partial charge in [0.25, 0.3) is 0 Å². The Morgan fingerprint density at radius 3 is 2.42 bits per heavy atom. The molecule has 0 radical (unpaired) electrons. The van der Waals surface area contributed by atoms with E-state index in [1.54, 1.807) is 6.07 Å².